The van der Waals surface area contributed by atoms with Crippen molar-refractivity contribution >= 4 is 6.41 Å². The smallest absolute Gasteiger partial charge is 0.209 e. The van der Waals surface area contributed by atoms with E-state index in [0.717, 1.165) is 12.8 Å². The fourth-order valence-corrected chi connectivity index (χ4v) is 1.20. The summed E-state index contributed by atoms with van der Waals surface area (Å²) in [7, 11) is 1.74. The van der Waals surface area contributed by atoms with E-state index in [9.17, 15) is 4.79 Å². The Labute approximate surface area is 90.7 Å². The second kappa shape index (κ2) is 7.01. The van der Waals surface area contributed by atoms with Gasteiger partial charge in [0.2, 0.25) is 6.41 Å². The van der Waals surface area contributed by atoms with Gasteiger partial charge in [0, 0.05) is 13.6 Å². The molecule has 0 aliphatic carbocycles. The second-order valence-corrected chi connectivity index (χ2v) is 3.43. The fourth-order valence-electron chi connectivity index (χ4n) is 1.20. The zero-order chi connectivity index (χ0) is 10.9. The van der Waals surface area contributed by atoms with Crippen LogP contribution in [0.4, 0.5) is 0 Å². The van der Waals surface area contributed by atoms with Crippen LogP contribution in [0.15, 0.2) is 30.3 Å². The maximum Gasteiger partial charge on any atom is 0.209 e. The number of ether oxygens (including phenoxy) is 1. The molecule has 82 valence electrons. The van der Waals surface area contributed by atoms with E-state index in [2.05, 4.69) is 12.1 Å². The molecule has 0 bridgehead atoms. The molecular formula is C12H17NO2. The van der Waals surface area contributed by atoms with Crippen molar-refractivity contribution < 1.29 is 9.53 Å². The zero-order valence-electron chi connectivity index (χ0n) is 9.06. The van der Waals surface area contributed by atoms with Gasteiger partial charge < -0.3 is 9.64 Å². The van der Waals surface area contributed by atoms with Crippen LogP contribution < -0.4 is 0 Å². The lowest BCUT2D eigenvalue weighted by molar-refractivity contribution is -0.117. The van der Waals surface area contributed by atoms with Crippen LogP contribution in [-0.2, 0) is 16.0 Å². The third-order valence-electron chi connectivity index (χ3n) is 2.15. The Morgan fingerprint density at radius 1 is 1.27 bits per heavy atom. The van der Waals surface area contributed by atoms with Gasteiger partial charge in [0.1, 0.15) is 0 Å². The van der Waals surface area contributed by atoms with Crippen LogP contribution >= 0.6 is 0 Å². The Balaban J connectivity index is 2.05. The van der Waals surface area contributed by atoms with Gasteiger partial charge in [-0.3, -0.25) is 4.79 Å². The van der Waals surface area contributed by atoms with Crippen molar-refractivity contribution in [2.75, 3.05) is 26.8 Å². The first-order chi connectivity index (χ1) is 7.33. The van der Waals surface area contributed by atoms with Gasteiger partial charge in [-0.05, 0) is 12.0 Å². The average Bonchev–Trinajstić information content (AvgIpc) is 2.29. The molecule has 0 aliphatic heterocycles. The number of carbonyl (C=O) groups is 1. The van der Waals surface area contributed by atoms with Crippen molar-refractivity contribution in [2.24, 2.45) is 0 Å². The molecule has 0 N–H and O–H groups in total. The molecule has 0 radical (unpaired) electrons. The maximum atomic E-state index is 10.3. The summed E-state index contributed by atoms with van der Waals surface area (Å²) in [4.78, 5) is 11.8. The number of benzene rings is 1. The van der Waals surface area contributed by atoms with Gasteiger partial charge in [-0.25, -0.2) is 0 Å². The van der Waals surface area contributed by atoms with Gasteiger partial charge in [0.15, 0.2) is 0 Å². The van der Waals surface area contributed by atoms with Gasteiger partial charge in [-0.15, -0.1) is 0 Å². The highest BCUT2D eigenvalue weighted by molar-refractivity contribution is 5.46. The summed E-state index contributed by atoms with van der Waals surface area (Å²) in [6.45, 7) is 1.96. The molecule has 0 spiro atoms. The summed E-state index contributed by atoms with van der Waals surface area (Å²) in [5, 5.41) is 0. The van der Waals surface area contributed by atoms with Crippen LogP contribution in [0.25, 0.3) is 0 Å². The third kappa shape index (κ3) is 5.18. The molecule has 1 rings (SSSR count). The van der Waals surface area contributed by atoms with Crippen LogP contribution in [-0.4, -0.2) is 38.1 Å². The molecule has 0 aromatic heterocycles. The first-order valence-corrected chi connectivity index (χ1v) is 5.10. The monoisotopic (exact) mass is 207 g/mol. The van der Waals surface area contributed by atoms with Crippen LogP contribution in [0.5, 0.6) is 0 Å². The van der Waals surface area contributed by atoms with Crippen molar-refractivity contribution in [3.63, 3.8) is 0 Å². The molecular weight excluding hydrogens is 190 g/mol. The molecule has 0 heterocycles. The zero-order valence-corrected chi connectivity index (χ0v) is 9.06. The SMILES string of the molecule is CN(C=O)CCOCCc1ccccc1. The van der Waals surface area contributed by atoms with E-state index < -0.39 is 0 Å². The number of amides is 1. The normalized spacial score (nSPS) is 9.93. The molecule has 0 aliphatic rings. The summed E-state index contributed by atoms with van der Waals surface area (Å²) in [6, 6.07) is 10.2. The highest BCUT2D eigenvalue weighted by atomic mass is 16.5. The topological polar surface area (TPSA) is 29.5 Å². The molecule has 0 saturated heterocycles. The predicted molar refractivity (Wildman–Crippen MR) is 59.7 cm³/mol. The minimum atomic E-state index is 0.599. The van der Waals surface area contributed by atoms with E-state index in [1.165, 1.54) is 5.56 Å². The van der Waals surface area contributed by atoms with Crippen molar-refractivity contribution in [3.05, 3.63) is 35.9 Å². The van der Waals surface area contributed by atoms with E-state index in [-0.39, 0.29) is 0 Å². The number of nitrogens with zero attached hydrogens (tertiary/aromatic N) is 1. The Kier molecular flexibility index (Phi) is 5.48. The lowest BCUT2D eigenvalue weighted by atomic mass is 10.2. The van der Waals surface area contributed by atoms with Crippen LogP contribution in [0, 0.1) is 0 Å². The summed E-state index contributed by atoms with van der Waals surface area (Å²) in [5.41, 5.74) is 1.28. The van der Waals surface area contributed by atoms with E-state index in [0.29, 0.717) is 19.8 Å². The third-order valence-corrected chi connectivity index (χ3v) is 2.15. The van der Waals surface area contributed by atoms with E-state index in [1.807, 2.05) is 18.2 Å². The molecule has 1 aromatic rings. The van der Waals surface area contributed by atoms with Crippen molar-refractivity contribution in [1.82, 2.24) is 4.90 Å². The van der Waals surface area contributed by atoms with Gasteiger partial charge in [0.25, 0.3) is 0 Å². The summed E-state index contributed by atoms with van der Waals surface area (Å²) >= 11 is 0. The van der Waals surface area contributed by atoms with Crippen molar-refractivity contribution in [1.29, 1.82) is 0 Å². The maximum absolute atomic E-state index is 10.3. The highest BCUT2D eigenvalue weighted by Crippen LogP contribution is 1.99. The van der Waals surface area contributed by atoms with Crippen molar-refractivity contribution in [2.45, 2.75) is 6.42 Å². The Morgan fingerprint density at radius 2 is 2.00 bits per heavy atom. The lowest BCUT2D eigenvalue weighted by Gasteiger charge is -2.10. The number of rotatable bonds is 7. The average molecular weight is 207 g/mol. The van der Waals surface area contributed by atoms with Crippen LogP contribution in [0.1, 0.15) is 5.56 Å². The minimum absolute atomic E-state index is 0.599. The number of likely N-dealkylation sites (N-methyl/N-ethyl adjacent to an activating group) is 1. The van der Waals surface area contributed by atoms with Crippen LogP contribution in [0.3, 0.4) is 0 Å². The van der Waals surface area contributed by atoms with Gasteiger partial charge >= 0.3 is 0 Å². The molecule has 0 fully saturated rings. The predicted octanol–water partition coefficient (Wildman–Crippen LogP) is 1.33. The van der Waals surface area contributed by atoms with Crippen molar-refractivity contribution in [3.8, 4) is 0 Å². The van der Waals surface area contributed by atoms with Gasteiger partial charge in [0.05, 0.1) is 13.2 Å². The van der Waals surface area contributed by atoms with E-state index >= 15 is 0 Å². The molecule has 3 heteroatoms. The number of hydrogen-bond acceptors (Lipinski definition) is 2. The Bertz CT molecular complexity index is 274. The summed E-state index contributed by atoms with van der Waals surface area (Å²) < 4.78 is 5.41. The second-order valence-electron chi connectivity index (χ2n) is 3.43. The highest BCUT2D eigenvalue weighted by Gasteiger charge is 1.94. The molecule has 3 nitrogen and oxygen atoms in total. The Hall–Kier alpha value is -1.35. The lowest BCUT2D eigenvalue weighted by Crippen LogP contribution is -2.21. The Morgan fingerprint density at radius 3 is 2.67 bits per heavy atom. The molecule has 1 aromatic carbocycles. The van der Waals surface area contributed by atoms with E-state index in [1.54, 1.807) is 11.9 Å². The largest absolute Gasteiger partial charge is 0.379 e. The number of carbonyl (C=O) groups excluding carboxylic acids is 1. The molecule has 0 unspecified atom stereocenters. The van der Waals surface area contributed by atoms with Gasteiger partial charge in [-0.1, -0.05) is 30.3 Å². The first-order valence-electron chi connectivity index (χ1n) is 5.10. The molecule has 0 atom stereocenters. The standard InChI is InChI=1S/C12H17NO2/c1-13(11-14)8-10-15-9-7-12-5-3-2-4-6-12/h2-6,11H,7-10H2,1H3. The van der Waals surface area contributed by atoms with E-state index in [4.69, 9.17) is 4.74 Å². The molecule has 15 heavy (non-hydrogen) atoms. The quantitative estimate of drug-likeness (QED) is 0.498. The molecule has 0 saturated carbocycles. The summed E-state index contributed by atoms with van der Waals surface area (Å²) in [6.07, 6.45) is 1.73. The summed E-state index contributed by atoms with van der Waals surface area (Å²) in [5.74, 6) is 0. The minimum Gasteiger partial charge on any atom is -0.379 e. The molecule has 1 amide bonds. The fraction of sp³-hybridized carbons (Fsp3) is 0.417. The van der Waals surface area contributed by atoms with Gasteiger partial charge in [-0.2, -0.15) is 0 Å². The number of hydrogen-bond donors (Lipinski definition) is 0. The van der Waals surface area contributed by atoms with Crippen LogP contribution in [0.2, 0.25) is 0 Å². The first kappa shape index (κ1) is 11.7.